The molecule has 0 aromatic rings. The minimum Gasteiger partial charge on any atom is -0.371 e. The average Bonchev–Trinajstić information content (AvgIpc) is 2.16. The summed E-state index contributed by atoms with van der Waals surface area (Å²) in [4.78, 5) is 2.14. The Morgan fingerprint density at radius 2 is 1.53 bits per heavy atom. The quantitative estimate of drug-likeness (QED) is 0.563. The van der Waals surface area contributed by atoms with Gasteiger partial charge in [0.1, 0.15) is 0 Å². The lowest BCUT2D eigenvalue weighted by Crippen LogP contribution is -2.52. The van der Waals surface area contributed by atoms with Crippen LogP contribution in [-0.2, 0) is 4.74 Å². The minimum absolute atomic E-state index is 0.270. The van der Waals surface area contributed by atoms with Crippen molar-refractivity contribution in [3.63, 3.8) is 0 Å². The van der Waals surface area contributed by atoms with Crippen LogP contribution in [0.4, 0.5) is 0 Å². The van der Waals surface area contributed by atoms with Crippen molar-refractivity contribution in [3.8, 4) is 0 Å². The molecule has 0 aromatic carbocycles. The van der Waals surface area contributed by atoms with Crippen LogP contribution < -0.4 is 0 Å². The maximum absolute atomic E-state index is 7.72. The Balaban J connectivity index is 2.68. The molecule has 1 N–H and O–H groups in total. The molecular weight excluding hydrogens is 188 g/mol. The van der Waals surface area contributed by atoms with Crippen molar-refractivity contribution in [1.82, 2.24) is 4.90 Å². The number of ether oxygens (including phenoxy) is 1. The molecule has 0 aromatic heterocycles. The molecule has 0 amide bonds. The topological polar surface area (TPSA) is 36.3 Å². The minimum atomic E-state index is 0.270. The van der Waals surface area contributed by atoms with E-state index < -0.39 is 0 Å². The molecule has 1 saturated heterocycles. The first kappa shape index (κ1) is 12.5. The van der Waals surface area contributed by atoms with Crippen LogP contribution >= 0.6 is 0 Å². The zero-order chi connectivity index (χ0) is 11.6. The van der Waals surface area contributed by atoms with E-state index in [9.17, 15) is 0 Å². The lowest BCUT2D eigenvalue weighted by Gasteiger charge is -2.42. The van der Waals surface area contributed by atoms with Crippen LogP contribution in [-0.4, -0.2) is 36.0 Å². The molecule has 1 heterocycles. The van der Waals surface area contributed by atoms with Crippen molar-refractivity contribution < 1.29 is 4.74 Å². The summed E-state index contributed by atoms with van der Waals surface area (Å²) in [5.41, 5.74) is 0. The summed E-state index contributed by atoms with van der Waals surface area (Å²) in [7, 11) is 0. The summed E-state index contributed by atoms with van der Waals surface area (Å²) in [6, 6.07) is 0. The highest BCUT2D eigenvalue weighted by atomic mass is 16.5. The Labute approximate surface area is 93.3 Å². The van der Waals surface area contributed by atoms with E-state index in [1.807, 2.05) is 6.92 Å². The van der Waals surface area contributed by atoms with Gasteiger partial charge in [0.05, 0.1) is 18.0 Å². The molecule has 1 fully saturated rings. The van der Waals surface area contributed by atoms with Gasteiger partial charge >= 0.3 is 0 Å². The van der Waals surface area contributed by atoms with Gasteiger partial charge in [0, 0.05) is 13.1 Å². The molecule has 1 aliphatic rings. The van der Waals surface area contributed by atoms with Crippen LogP contribution in [0.5, 0.6) is 0 Å². The first-order valence-electron chi connectivity index (χ1n) is 5.87. The number of hydrogen-bond donors (Lipinski definition) is 1. The SMILES string of the molecule is CC(=N)N1C[C@@H](C(C)C)O[C@@H](C(C)C)C1. The van der Waals surface area contributed by atoms with Crippen molar-refractivity contribution in [2.24, 2.45) is 11.8 Å². The molecule has 3 heteroatoms. The van der Waals surface area contributed by atoms with Gasteiger partial charge in [0.2, 0.25) is 0 Å². The molecule has 88 valence electrons. The molecule has 3 nitrogen and oxygen atoms in total. The highest BCUT2D eigenvalue weighted by Gasteiger charge is 2.31. The summed E-state index contributed by atoms with van der Waals surface area (Å²) in [5.74, 6) is 1.70. The zero-order valence-corrected chi connectivity index (χ0v) is 10.6. The standard InChI is InChI=1S/C12H24N2O/c1-8(2)11-6-14(10(5)13)7-12(15-11)9(3)4/h8-9,11-13H,6-7H2,1-5H3/t11-,12+. The van der Waals surface area contributed by atoms with E-state index in [1.54, 1.807) is 0 Å². The third-order valence-corrected chi connectivity index (χ3v) is 3.11. The van der Waals surface area contributed by atoms with Gasteiger partial charge in [-0.05, 0) is 18.8 Å². The molecule has 0 saturated carbocycles. The van der Waals surface area contributed by atoms with E-state index >= 15 is 0 Å². The number of nitrogens with zero attached hydrogens (tertiary/aromatic N) is 1. The second-order valence-corrected chi connectivity index (χ2v) is 5.19. The van der Waals surface area contributed by atoms with Gasteiger partial charge in [-0.3, -0.25) is 5.41 Å². The van der Waals surface area contributed by atoms with Crippen LogP contribution in [0.15, 0.2) is 0 Å². The Morgan fingerprint density at radius 1 is 1.13 bits per heavy atom. The Hall–Kier alpha value is -0.570. The largest absolute Gasteiger partial charge is 0.371 e. The van der Waals surface area contributed by atoms with Crippen molar-refractivity contribution in [2.75, 3.05) is 13.1 Å². The van der Waals surface area contributed by atoms with Gasteiger partial charge in [-0.25, -0.2) is 0 Å². The highest BCUT2D eigenvalue weighted by Crippen LogP contribution is 2.21. The lowest BCUT2D eigenvalue weighted by atomic mass is 10.00. The van der Waals surface area contributed by atoms with E-state index in [0.29, 0.717) is 17.7 Å². The van der Waals surface area contributed by atoms with Crippen molar-refractivity contribution >= 4 is 5.84 Å². The van der Waals surface area contributed by atoms with Crippen LogP contribution in [0.1, 0.15) is 34.6 Å². The molecule has 2 atom stereocenters. The van der Waals surface area contributed by atoms with Gasteiger partial charge in [-0.1, -0.05) is 27.7 Å². The summed E-state index contributed by atoms with van der Waals surface area (Å²) < 4.78 is 6.05. The first-order chi connectivity index (χ1) is 6.91. The summed E-state index contributed by atoms with van der Waals surface area (Å²) >= 11 is 0. The second-order valence-electron chi connectivity index (χ2n) is 5.19. The Morgan fingerprint density at radius 3 is 1.80 bits per heavy atom. The van der Waals surface area contributed by atoms with Crippen molar-refractivity contribution in [1.29, 1.82) is 5.41 Å². The van der Waals surface area contributed by atoms with E-state index in [2.05, 4.69) is 32.6 Å². The zero-order valence-electron chi connectivity index (χ0n) is 10.6. The fraction of sp³-hybridized carbons (Fsp3) is 0.917. The van der Waals surface area contributed by atoms with Gasteiger partial charge in [-0.15, -0.1) is 0 Å². The first-order valence-corrected chi connectivity index (χ1v) is 5.87. The molecule has 1 rings (SSSR count). The fourth-order valence-corrected chi connectivity index (χ4v) is 1.83. The van der Waals surface area contributed by atoms with Crippen LogP contribution in [0, 0.1) is 17.2 Å². The van der Waals surface area contributed by atoms with Gasteiger partial charge < -0.3 is 9.64 Å². The van der Waals surface area contributed by atoms with Gasteiger partial charge in [0.25, 0.3) is 0 Å². The fourth-order valence-electron chi connectivity index (χ4n) is 1.83. The van der Waals surface area contributed by atoms with Gasteiger partial charge in [-0.2, -0.15) is 0 Å². The maximum Gasteiger partial charge on any atom is 0.0927 e. The van der Waals surface area contributed by atoms with E-state index in [0.717, 1.165) is 13.1 Å². The number of amidine groups is 1. The number of hydrogen-bond acceptors (Lipinski definition) is 2. The van der Waals surface area contributed by atoms with E-state index in [-0.39, 0.29) is 12.2 Å². The Kier molecular flexibility index (Phi) is 4.14. The number of morpholine rings is 1. The van der Waals surface area contributed by atoms with Crippen molar-refractivity contribution in [2.45, 2.75) is 46.8 Å². The Bertz CT molecular complexity index is 210. The number of nitrogens with one attached hydrogen (secondary N) is 1. The average molecular weight is 212 g/mol. The van der Waals surface area contributed by atoms with E-state index in [1.165, 1.54) is 0 Å². The van der Waals surface area contributed by atoms with Crippen LogP contribution in [0.25, 0.3) is 0 Å². The summed E-state index contributed by atoms with van der Waals surface area (Å²) in [6.07, 6.45) is 0.540. The predicted octanol–water partition coefficient (Wildman–Crippen LogP) is 2.36. The van der Waals surface area contributed by atoms with Crippen LogP contribution in [0.2, 0.25) is 0 Å². The second kappa shape index (κ2) is 4.97. The third-order valence-electron chi connectivity index (χ3n) is 3.11. The third kappa shape index (κ3) is 3.20. The van der Waals surface area contributed by atoms with Crippen LogP contribution in [0.3, 0.4) is 0 Å². The maximum atomic E-state index is 7.72. The molecule has 0 unspecified atom stereocenters. The van der Waals surface area contributed by atoms with E-state index in [4.69, 9.17) is 10.1 Å². The van der Waals surface area contributed by atoms with Crippen molar-refractivity contribution in [3.05, 3.63) is 0 Å². The molecule has 0 aliphatic carbocycles. The summed E-state index contributed by atoms with van der Waals surface area (Å²) in [6.45, 7) is 12.3. The molecule has 15 heavy (non-hydrogen) atoms. The monoisotopic (exact) mass is 212 g/mol. The molecule has 0 spiro atoms. The molecule has 1 aliphatic heterocycles. The smallest absolute Gasteiger partial charge is 0.0927 e. The molecule has 0 bridgehead atoms. The predicted molar refractivity (Wildman–Crippen MR) is 63.3 cm³/mol. The molecule has 0 radical (unpaired) electrons. The summed E-state index contributed by atoms with van der Waals surface area (Å²) in [5, 5.41) is 7.72. The lowest BCUT2D eigenvalue weighted by molar-refractivity contribution is -0.104. The normalized spacial score (nSPS) is 27.5. The highest BCUT2D eigenvalue weighted by molar-refractivity contribution is 5.76. The van der Waals surface area contributed by atoms with Gasteiger partial charge in [0.15, 0.2) is 0 Å². The molecular formula is C12H24N2O. The number of rotatable bonds is 2.